The molecule has 160 valence electrons. The van der Waals surface area contributed by atoms with E-state index in [4.69, 9.17) is 4.74 Å². The van der Waals surface area contributed by atoms with Gasteiger partial charge in [0.2, 0.25) is 0 Å². The van der Waals surface area contributed by atoms with Crippen molar-refractivity contribution in [3.05, 3.63) is 99.2 Å². The summed E-state index contributed by atoms with van der Waals surface area (Å²) in [6.45, 7) is 2.12. The van der Waals surface area contributed by atoms with Crippen molar-refractivity contribution in [2.75, 3.05) is 13.1 Å². The van der Waals surface area contributed by atoms with Crippen LogP contribution >= 0.6 is 0 Å². The lowest BCUT2D eigenvalue weighted by Crippen LogP contribution is -2.23. The van der Waals surface area contributed by atoms with Crippen molar-refractivity contribution >= 4 is 22.7 Å². The highest BCUT2D eigenvalue weighted by atomic mass is 19.1. The zero-order chi connectivity index (χ0) is 21.7. The molecule has 5 nitrogen and oxygen atoms in total. The third-order valence-corrected chi connectivity index (χ3v) is 6.38. The summed E-state index contributed by atoms with van der Waals surface area (Å²) in [5, 5.41) is 3.33. The number of nitrogens with one attached hydrogen (secondary N) is 2. The summed E-state index contributed by atoms with van der Waals surface area (Å²) in [7, 11) is 0. The van der Waals surface area contributed by atoms with Crippen LogP contribution in [0.5, 0.6) is 5.75 Å². The Morgan fingerprint density at radius 2 is 1.97 bits per heavy atom. The largest absolute Gasteiger partial charge is 0.488 e. The lowest BCUT2D eigenvalue weighted by atomic mass is 9.92. The number of ether oxygens (including phenoxy) is 1. The maximum Gasteiger partial charge on any atom is 0.326 e. The number of aromatic nitrogens is 2. The fraction of sp³-hybridized carbons (Fsp3) is 0.192. The molecule has 1 saturated heterocycles. The summed E-state index contributed by atoms with van der Waals surface area (Å²) in [5.41, 5.74) is 6.52. The maximum absolute atomic E-state index is 13.9. The number of fused-ring (bicyclic) bond motifs is 3. The van der Waals surface area contributed by atoms with E-state index >= 15 is 0 Å². The molecular weight excluding hydrogens is 405 g/mol. The molecule has 2 aliphatic rings. The van der Waals surface area contributed by atoms with Gasteiger partial charge in [-0.15, -0.1) is 0 Å². The minimum Gasteiger partial charge on any atom is -0.488 e. The van der Waals surface area contributed by atoms with Gasteiger partial charge in [-0.1, -0.05) is 30.3 Å². The molecule has 1 atom stereocenters. The maximum atomic E-state index is 13.9. The van der Waals surface area contributed by atoms with Gasteiger partial charge in [-0.25, -0.2) is 9.18 Å². The Morgan fingerprint density at radius 3 is 2.84 bits per heavy atom. The first kappa shape index (κ1) is 19.1. The minimum absolute atomic E-state index is 0.0764. The summed E-state index contributed by atoms with van der Waals surface area (Å²) in [6, 6.07) is 18.9. The number of nitrogens with zero attached hydrogens (tertiary/aromatic N) is 1. The number of imidazole rings is 1. The van der Waals surface area contributed by atoms with Crippen LogP contribution in [0, 0.1) is 5.82 Å². The van der Waals surface area contributed by atoms with Crippen LogP contribution in [0.2, 0.25) is 0 Å². The zero-order valence-corrected chi connectivity index (χ0v) is 17.4. The van der Waals surface area contributed by atoms with Crippen LogP contribution in [0.15, 0.2) is 65.5 Å². The Kier molecular flexibility index (Phi) is 4.47. The van der Waals surface area contributed by atoms with Gasteiger partial charge in [0.05, 0.1) is 17.1 Å². The van der Waals surface area contributed by atoms with Crippen LogP contribution in [0.25, 0.3) is 22.7 Å². The Labute approximate surface area is 184 Å². The lowest BCUT2D eigenvalue weighted by Gasteiger charge is -2.12. The van der Waals surface area contributed by atoms with E-state index < -0.39 is 0 Å². The molecule has 2 aliphatic heterocycles. The minimum atomic E-state index is -0.323. The summed E-state index contributed by atoms with van der Waals surface area (Å²) in [5.74, 6) is 0.206. The Morgan fingerprint density at radius 1 is 1.06 bits per heavy atom. The van der Waals surface area contributed by atoms with E-state index in [2.05, 4.69) is 22.4 Å². The molecule has 0 bridgehead atoms. The summed E-state index contributed by atoms with van der Waals surface area (Å²) in [6.07, 6.45) is 3.03. The second-order valence-corrected chi connectivity index (χ2v) is 8.37. The van der Waals surface area contributed by atoms with E-state index in [-0.39, 0.29) is 17.5 Å². The van der Waals surface area contributed by atoms with Crippen LogP contribution in [-0.4, -0.2) is 22.6 Å². The molecule has 3 heterocycles. The average molecular weight is 427 g/mol. The normalized spacial score (nSPS) is 18.9. The number of halogens is 1. The predicted octanol–water partition coefficient (Wildman–Crippen LogP) is 4.48. The standard InChI is InChI=1S/C26H22FN3O2/c27-18-6-7-21-22(20-4-2-1-3-17(20)15-32-25(21)13-18)11-16-5-8-24-23(12-16)29-26(31)30(24)19-9-10-28-14-19/h1-8,11-13,19,28H,9-10,14-15H2,(H,29,31). The first-order chi connectivity index (χ1) is 15.7. The van der Waals surface area contributed by atoms with Gasteiger partial charge in [0.15, 0.2) is 0 Å². The van der Waals surface area contributed by atoms with Crippen LogP contribution in [0.1, 0.15) is 34.7 Å². The van der Waals surface area contributed by atoms with Gasteiger partial charge in [0.1, 0.15) is 18.2 Å². The highest BCUT2D eigenvalue weighted by Gasteiger charge is 2.22. The molecule has 3 aromatic carbocycles. The number of H-pyrrole nitrogens is 1. The van der Waals surface area contributed by atoms with Crippen molar-refractivity contribution in [2.45, 2.75) is 19.1 Å². The van der Waals surface area contributed by atoms with E-state index in [1.54, 1.807) is 6.07 Å². The monoisotopic (exact) mass is 427 g/mol. The highest BCUT2D eigenvalue weighted by molar-refractivity contribution is 5.95. The number of benzene rings is 3. The fourth-order valence-corrected chi connectivity index (χ4v) is 4.83. The molecule has 2 N–H and O–H groups in total. The number of rotatable bonds is 2. The van der Waals surface area contributed by atoms with Crippen molar-refractivity contribution in [1.29, 1.82) is 0 Å². The average Bonchev–Trinajstić information content (AvgIpc) is 3.39. The Hall–Kier alpha value is -3.64. The van der Waals surface area contributed by atoms with Gasteiger partial charge >= 0.3 is 5.69 Å². The molecule has 0 saturated carbocycles. The quantitative estimate of drug-likeness (QED) is 0.496. The molecule has 1 aromatic heterocycles. The van der Waals surface area contributed by atoms with Crippen molar-refractivity contribution in [3.63, 3.8) is 0 Å². The van der Waals surface area contributed by atoms with Crippen LogP contribution in [0.3, 0.4) is 0 Å². The van der Waals surface area contributed by atoms with Crippen LogP contribution < -0.4 is 15.7 Å². The van der Waals surface area contributed by atoms with Gasteiger partial charge in [0.25, 0.3) is 0 Å². The Bertz CT molecular complexity index is 1430. The highest BCUT2D eigenvalue weighted by Crippen LogP contribution is 2.38. The van der Waals surface area contributed by atoms with Gasteiger partial charge in [-0.2, -0.15) is 0 Å². The molecule has 0 aliphatic carbocycles. The van der Waals surface area contributed by atoms with Crippen molar-refractivity contribution in [3.8, 4) is 5.75 Å². The summed E-state index contributed by atoms with van der Waals surface area (Å²) < 4.78 is 21.7. The number of aromatic amines is 1. The molecule has 6 rings (SSSR count). The summed E-state index contributed by atoms with van der Waals surface area (Å²) in [4.78, 5) is 15.7. The molecule has 1 fully saturated rings. The topological polar surface area (TPSA) is 59.1 Å². The van der Waals surface area contributed by atoms with Crippen molar-refractivity contribution < 1.29 is 9.13 Å². The third-order valence-electron chi connectivity index (χ3n) is 6.38. The van der Waals surface area contributed by atoms with Crippen molar-refractivity contribution in [1.82, 2.24) is 14.9 Å². The van der Waals surface area contributed by atoms with Gasteiger partial charge < -0.3 is 15.0 Å². The molecule has 6 heteroatoms. The van der Waals surface area contributed by atoms with Gasteiger partial charge in [-0.3, -0.25) is 4.57 Å². The second kappa shape index (κ2) is 7.50. The van der Waals surface area contributed by atoms with Crippen LogP contribution in [0.4, 0.5) is 4.39 Å². The molecule has 0 radical (unpaired) electrons. The van der Waals surface area contributed by atoms with E-state index in [9.17, 15) is 9.18 Å². The smallest absolute Gasteiger partial charge is 0.326 e. The lowest BCUT2D eigenvalue weighted by molar-refractivity contribution is 0.305. The van der Waals surface area contributed by atoms with Crippen molar-refractivity contribution in [2.24, 2.45) is 0 Å². The fourth-order valence-electron chi connectivity index (χ4n) is 4.83. The first-order valence-electron chi connectivity index (χ1n) is 10.8. The number of hydrogen-bond donors (Lipinski definition) is 2. The molecule has 0 spiro atoms. The van der Waals surface area contributed by atoms with Crippen LogP contribution in [-0.2, 0) is 6.61 Å². The van der Waals surface area contributed by atoms with E-state index in [0.29, 0.717) is 12.4 Å². The predicted molar refractivity (Wildman–Crippen MR) is 123 cm³/mol. The third kappa shape index (κ3) is 3.15. The molecule has 1 unspecified atom stereocenters. The van der Waals surface area contributed by atoms with E-state index in [0.717, 1.165) is 58.4 Å². The molecule has 0 amide bonds. The first-order valence-corrected chi connectivity index (χ1v) is 10.8. The molecular formula is C26H22FN3O2. The zero-order valence-electron chi connectivity index (χ0n) is 17.4. The second-order valence-electron chi connectivity index (χ2n) is 8.37. The van der Waals surface area contributed by atoms with Gasteiger partial charge in [-0.05, 0) is 65.6 Å². The summed E-state index contributed by atoms with van der Waals surface area (Å²) >= 11 is 0. The molecule has 32 heavy (non-hydrogen) atoms. The molecule has 4 aromatic rings. The number of hydrogen-bond acceptors (Lipinski definition) is 3. The van der Waals surface area contributed by atoms with E-state index in [1.807, 2.05) is 41.0 Å². The Balaban J connectivity index is 1.51. The van der Waals surface area contributed by atoms with Gasteiger partial charge in [0, 0.05) is 18.2 Å². The van der Waals surface area contributed by atoms with E-state index in [1.165, 1.54) is 12.1 Å². The SMILES string of the molecule is O=c1[nH]c2cc(C=C3c4ccccc4COc4cc(F)ccc43)ccc2n1C1CCNC1.